The molecule has 0 saturated carbocycles. The molecule has 1 aliphatic carbocycles. The minimum absolute atomic E-state index is 0.0810. The van der Waals surface area contributed by atoms with Crippen LogP contribution in [0.15, 0.2) is 40.8 Å². The van der Waals surface area contributed by atoms with Crippen molar-refractivity contribution in [1.29, 1.82) is 0 Å². The average molecular weight is 420 g/mol. The number of phenols is 1. The highest BCUT2D eigenvalue weighted by Gasteiger charge is 2.46. The van der Waals surface area contributed by atoms with Crippen LogP contribution in [0.25, 0.3) is 11.0 Å². The second-order valence-electron chi connectivity index (χ2n) is 8.70. The van der Waals surface area contributed by atoms with E-state index >= 15 is 0 Å². The van der Waals surface area contributed by atoms with E-state index in [1.165, 1.54) is 32.0 Å². The number of carbonyl (C=O) groups is 3. The summed E-state index contributed by atoms with van der Waals surface area (Å²) in [4.78, 5) is 37.4. The van der Waals surface area contributed by atoms with Crippen molar-refractivity contribution >= 4 is 28.3 Å². The van der Waals surface area contributed by atoms with Gasteiger partial charge in [0.05, 0.1) is 11.5 Å². The molecule has 1 aromatic heterocycles. The molecule has 0 bridgehead atoms. The van der Waals surface area contributed by atoms with Gasteiger partial charge in [0, 0.05) is 22.1 Å². The minimum Gasteiger partial charge on any atom is -0.507 e. The number of aromatic hydroxyl groups is 1. The number of hydrogen-bond acceptors (Lipinski definition) is 6. The van der Waals surface area contributed by atoms with Crippen LogP contribution in [0.2, 0.25) is 0 Å². The normalized spacial score (nSPS) is 22.9. The summed E-state index contributed by atoms with van der Waals surface area (Å²) in [5.74, 6) is -1.40. The number of rotatable bonds is 4. The number of fused-ring (bicyclic) bond motifs is 3. The third-order valence-corrected chi connectivity index (χ3v) is 6.16. The molecule has 0 amide bonds. The van der Waals surface area contributed by atoms with Gasteiger partial charge in [0.2, 0.25) is 0 Å². The zero-order valence-electron chi connectivity index (χ0n) is 17.9. The van der Waals surface area contributed by atoms with Gasteiger partial charge in [0.25, 0.3) is 0 Å². The number of phenolic OH excluding ortho intramolecular Hbond substituents is 1. The van der Waals surface area contributed by atoms with Gasteiger partial charge in [-0.25, -0.2) is 0 Å². The van der Waals surface area contributed by atoms with E-state index in [0.717, 1.165) is 0 Å². The van der Waals surface area contributed by atoms with E-state index in [0.29, 0.717) is 39.8 Å². The van der Waals surface area contributed by atoms with Crippen LogP contribution in [-0.2, 0) is 5.60 Å². The quantitative estimate of drug-likeness (QED) is 0.590. The molecule has 6 nitrogen and oxygen atoms in total. The minimum atomic E-state index is -1.26. The second-order valence-corrected chi connectivity index (χ2v) is 8.70. The first-order valence-corrected chi connectivity index (χ1v) is 10.2. The highest BCUT2D eigenvalue weighted by atomic mass is 16.4. The molecule has 3 atom stereocenters. The lowest BCUT2D eigenvalue weighted by molar-refractivity contribution is -0.00171. The molecular weight excluding hydrogens is 396 g/mol. The molecule has 1 heterocycles. The van der Waals surface area contributed by atoms with Crippen molar-refractivity contribution in [2.75, 3.05) is 0 Å². The largest absolute Gasteiger partial charge is 0.507 e. The molecule has 0 unspecified atom stereocenters. The first-order chi connectivity index (χ1) is 14.5. The van der Waals surface area contributed by atoms with Crippen molar-refractivity contribution in [3.8, 4) is 5.75 Å². The van der Waals surface area contributed by atoms with Gasteiger partial charge in [-0.3, -0.25) is 14.4 Å². The second kappa shape index (κ2) is 7.17. The predicted molar refractivity (Wildman–Crippen MR) is 115 cm³/mol. The summed E-state index contributed by atoms with van der Waals surface area (Å²) >= 11 is 0. The van der Waals surface area contributed by atoms with E-state index in [4.69, 9.17) is 4.42 Å². The van der Waals surface area contributed by atoms with E-state index in [-0.39, 0.29) is 34.6 Å². The van der Waals surface area contributed by atoms with Gasteiger partial charge in [0.1, 0.15) is 22.7 Å². The molecule has 0 fully saturated rings. The summed E-state index contributed by atoms with van der Waals surface area (Å²) in [6, 6.07) is 9.28. The molecule has 31 heavy (non-hydrogen) atoms. The SMILES string of the molecule is CC(=O)c1ccc2oc3c(c2c1)[C@@H](C(=O)c1ccc(O)c(C(C)=O)c1)[C@H](C)C[C@@]3(C)O. The van der Waals surface area contributed by atoms with E-state index in [1.54, 1.807) is 25.1 Å². The van der Waals surface area contributed by atoms with E-state index in [9.17, 15) is 24.6 Å². The molecule has 160 valence electrons. The smallest absolute Gasteiger partial charge is 0.170 e. The number of furan rings is 1. The Hall–Kier alpha value is -3.25. The zero-order valence-corrected chi connectivity index (χ0v) is 17.9. The Morgan fingerprint density at radius 3 is 2.35 bits per heavy atom. The van der Waals surface area contributed by atoms with Crippen LogP contribution in [0.3, 0.4) is 0 Å². The molecule has 2 N–H and O–H groups in total. The van der Waals surface area contributed by atoms with E-state index in [2.05, 4.69) is 0 Å². The summed E-state index contributed by atoms with van der Waals surface area (Å²) in [5, 5.41) is 21.6. The summed E-state index contributed by atoms with van der Waals surface area (Å²) < 4.78 is 5.98. The van der Waals surface area contributed by atoms with Crippen LogP contribution in [0.5, 0.6) is 5.75 Å². The lowest BCUT2D eigenvalue weighted by Gasteiger charge is -2.36. The van der Waals surface area contributed by atoms with Gasteiger partial charge in [-0.2, -0.15) is 0 Å². The third-order valence-electron chi connectivity index (χ3n) is 6.16. The van der Waals surface area contributed by atoms with Crippen molar-refractivity contribution in [2.24, 2.45) is 5.92 Å². The Bertz CT molecular complexity index is 1250. The Morgan fingerprint density at radius 1 is 1.03 bits per heavy atom. The molecule has 0 aliphatic heterocycles. The molecule has 0 spiro atoms. The maximum Gasteiger partial charge on any atom is 0.170 e. The van der Waals surface area contributed by atoms with E-state index < -0.39 is 11.5 Å². The molecule has 1 aliphatic rings. The number of ketones is 3. The highest BCUT2D eigenvalue weighted by molar-refractivity contribution is 6.07. The average Bonchev–Trinajstić information content (AvgIpc) is 3.07. The molecule has 3 aromatic rings. The molecule has 2 aromatic carbocycles. The Kier molecular flexibility index (Phi) is 4.85. The van der Waals surface area contributed by atoms with Gasteiger partial charge in [-0.1, -0.05) is 6.92 Å². The summed E-state index contributed by atoms with van der Waals surface area (Å²) in [6.07, 6.45) is 0.313. The first-order valence-electron chi connectivity index (χ1n) is 10.2. The molecule has 0 radical (unpaired) electrons. The topological polar surface area (TPSA) is 105 Å². The van der Waals surface area contributed by atoms with Crippen molar-refractivity contribution in [1.82, 2.24) is 0 Å². The highest BCUT2D eigenvalue weighted by Crippen LogP contribution is 2.50. The summed E-state index contributed by atoms with van der Waals surface area (Å²) in [5.41, 5.74) is 0.674. The van der Waals surface area contributed by atoms with Crippen LogP contribution < -0.4 is 0 Å². The van der Waals surface area contributed by atoms with Gasteiger partial charge in [-0.15, -0.1) is 0 Å². The fourth-order valence-electron chi connectivity index (χ4n) is 4.71. The number of hydrogen-bond donors (Lipinski definition) is 2. The zero-order chi connectivity index (χ0) is 22.7. The third kappa shape index (κ3) is 3.37. The maximum absolute atomic E-state index is 13.6. The van der Waals surface area contributed by atoms with Crippen molar-refractivity contribution in [3.63, 3.8) is 0 Å². The van der Waals surface area contributed by atoms with Crippen molar-refractivity contribution < 1.29 is 29.0 Å². The summed E-state index contributed by atoms with van der Waals surface area (Å²) in [6.45, 7) is 6.34. The molecule has 0 saturated heterocycles. The fourth-order valence-corrected chi connectivity index (χ4v) is 4.71. The van der Waals surface area contributed by atoms with Crippen LogP contribution in [0, 0.1) is 5.92 Å². The van der Waals surface area contributed by atoms with Crippen molar-refractivity contribution in [3.05, 3.63) is 64.4 Å². The van der Waals surface area contributed by atoms with Gasteiger partial charge in [0.15, 0.2) is 17.3 Å². The maximum atomic E-state index is 13.6. The first kappa shape index (κ1) is 21.0. The fraction of sp³-hybridized carbons (Fsp3) is 0.320. The standard InChI is InChI=1S/C25H24O6/c1-12-11-25(4,30)24-22(18-9-15(13(2)26)6-8-20(18)31-24)21(12)23(29)16-5-7-19(28)17(10-16)14(3)27/h5-10,12,21,28,30H,11H2,1-4H3/t12-,21+,25-/m1/s1. The number of Topliss-reactive ketones (excluding diaryl/α,β-unsaturated/α-hetero) is 3. The van der Waals surface area contributed by atoms with Crippen LogP contribution in [0.1, 0.15) is 82.4 Å². The Morgan fingerprint density at radius 2 is 1.71 bits per heavy atom. The Labute approximate surface area is 179 Å². The molecular formula is C25H24O6. The summed E-state index contributed by atoms with van der Waals surface area (Å²) in [7, 11) is 0. The van der Waals surface area contributed by atoms with Gasteiger partial charge >= 0.3 is 0 Å². The number of aliphatic hydroxyl groups is 1. The van der Waals surface area contributed by atoms with Crippen LogP contribution in [0.4, 0.5) is 0 Å². The Balaban J connectivity index is 1.94. The van der Waals surface area contributed by atoms with Gasteiger partial charge in [-0.05, 0) is 69.5 Å². The van der Waals surface area contributed by atoms with Gasteiger partial charge < -0.3 is 14.6 Å². The monoisotopic (exact) mass is 420 g/mol. The molecule has 6 heteroatoms. The number of carbonyl (C=O) groups excluding carboxylic acids is 3. The lowest BCUT2D eigenvalue weighted by atomic mass is 9.69. The predicted octanol–water partition coefficient (Wildman–Crippen LogP) is 4.76. The molecule has 4 rings (SSSR count). The number of benzene rings is 2. The van der Waals surface area contributed by atoms with Crippen LogP contribution in [-0.4, -0.2) is 27.6 Å². The van der Waals surface area contributed by atoms with E-state index in [1.807, 2.05) is 6.92 Å². The van der Waals surface area contributed by atoms with Crippen molar-refractivity contribution in [2.45, 2.75) is 45.6 Å². The lowest BCUT2D eigenvalue weighted by Crippen LogP contribution is -2.36. The van der Waals surface area contributed by atoms with Crippen LogP contribution >= 0.6 is 0 Å².